The molecule has 1 aliphatic rings. The highest BCUT2D eigenvalue weighted by Crippen LogP contribution is 2.22. The van der Waals surface area contributed by atoms with Gasteiger partial charge in [-0.2, -0.15) is 0 Å². The van der Waals surface area contributed by atoms with Gasteiger partial charge in [-0.1, -0.05) is 6.07 Å². The van der Waals surface area contributed by atoms with Crippen molar-refractivity contribution >= 4 is 17.7 Å². The summed E-state index contributed by atoms with van der Waals surface area (Å²) in [5.74, 6) is -0.426. The summed E-state index contributed by atoms with van der Waals surface area (Å²) in [5, 5.41) is 0. The lowest BCUT2D eigenvalue weighted by Gasteiger charge is -2.30. The van der Waals surface area contributed by atoms with Crippen molar-refractivity contribution in [1.82, 2.24) is 0 Å². The molecule has 96 valence electrons. The monoisotopic (exact) mass is 246 g/mol. The number of hydrogen-bond donors (Lipinski definition) is 1. The Bertz CT molecular complexity index is 463. The molecule has 1 fully saturated rings. The van der Waals surface area contributed by atoms with E-state index in [0.717, 1.165) is 31.9 Å². The third kappa shape index (κ3) is 3.11. The fraction of sp³-hybridized carbons (Fsp3) is 0.357. The summed E-state index contributed by atoms with van der Waals surface area (Å²) < 4.78 is 5.35. The molecule has 2 N–H and O–H groups in total. The minimum atomic E-state index is -0.426. The maximum Gasteiger partial charge on any atom is 0.241 e. The second-order valence-electron chi connectivity index (χ2n) is 4.38. The molecule has 0 unspecified atom stereocenters. The first-order valence-corrected chi connectivity index (χ1v) is 6.07. The molecular weight excluding hydrogens is 228 g/mol. The van der Waals surface area contributed by atoms with Gasteiger partial charge >= 0.3 is 0 Å². The predicted molar refractivity (Wildman–Crippen MR) is 72.4 cm³/mol. The number of rotatable bonds is 3. The maximum atomic E-state index is 10.7. The number of aryl methyl sites for hydroxylation is 1. The lowest BCUT2D eigenvalue weighted by Crippen LogP contribution is -2.36. The van der Waals surface area contributed by atoms with Crippen LogP contribution >= 0.6 is 0 Å². The number of carbonyl (C=O) groups is 1. The van der Waals surface area contributed by atoms with Crippen LogP contribution in [0, 0.1) is 6.92 Å². The summed E-state index contributed by atoms with van der Waals surface area (Å²) in [7, 11) is 0. The van der Waals surface area contributed by atoms with Crippen LogP contribution < -0.4 is 10.6 Å². The van der Waals surface area contributed by atoms with Gasteiger partial charge in [0.05, 0.1) is 13.2 Å². The number of hydrogen-bond acceptors (Lipinski definition) is 3. The predicted octanol–water partition coefficient (Wildman–Crippen LogP) is 1.33. The average molecular weight is 246 g/mol. The van der Waals surface area contributed by atoms with E-state index in [4.69, 9.17) is 10.5 Å². The van der Waals surface area contributed by atoms with Gasteiger partial charge in [-0.25, -0.2) is 0 Å². The zero-order valence-corrected chi connectivity index (χ0v) is 10.6. The number of morpholine rings is 1. The SMILES string of the molecule is Cc1cc(/C=C\C(N)=O)ccc1N1CCOCC1. The number of benzene rings is 1. The molecule has 1 aromatic carbocycles. The van der Waals surface area contributed by atoms with Crippen molar-refractivity contribution < 1.29 is 9.53 Å². The normalized spacial score (nSPS) is 16.2. The number of primary amides is 1. The van der Waals surface area contributed by atoms with E-state index in [2.05, 4.69) is 24.0 Å². The van der Waals surface area contributed by atoms with Crippen LogP contribution in [0.2, 0.25) is 0 Å². The molecule has 1 aliphatic heterocycles. The standard InChI is InChI=1S/C14H18N2O2/c1-11-10-12(3-5-14(15)17)2-4-13(11)16-6-8-18-9-7-16/h2-5,10H,6-9H2,1H3,(H2,15,17)/b5-3-. The molecule has 0 saturated carbocycles. The topological polar surface area (TPSA) is 55.6 Å². The van der Waals surface area contributed by atoms with Crippen molar-refractivity contribution in [2.24, 2.45) is 5.73 Å². The van der Waals surface area contributed by atoms with Crippen LogP contribution in [0.15, 0.2) is 24.3 Å². The van der Waals surface area contributed by atoms with Crippen molar-refractivity contribution in [3.8, 4) is 0 Å². The van der Waals surface area contributed by atoms with Crippen molar-refractivity contribution in [2.45, 2.75) is 6.92 Å². The first-order valence-electron chi connectivity index (χ1n) is 6.07. The third-order valence-electron chi connectivity index (χ3n) is 3.01. The van der Waals surface area contributed by atoms with E-state index in [-0.39, 0.29) is 0 Å². The van der Waals surface area contributed by atoms with Crippen LogP contribution in [-0.2, 0) is 9.53 Å². The Labute approximate surface area is 107 Å². The van der Waals surface area contributed by atoms with Gasteiger partial charge in [0.1, 0.15) is 0 Å². The Hall–Kier alpha value is -1.81. The van der Waals surface area contributed by atoms with Gasteiger partial charge < -0.3 is 15.4 Å². The Balaban J connectivity index is 2.16. The van der Waals surface area contributed by atoms with Gasteiger partial charge in [-0.3, -0.25) is 4.79 Å². The molecule has 4 nitrogen and oxygen atoms in total. The van der Waals surface area contributed by atoms with E-state index in [9.17, 15) is 4.79 Å². The molecule has 0 aromatic heterocycles. The van der Waals surface area contributed by atoms with Crippen LogP contribution in [0.25, 0.3) is 6.08 Å². The van der Waals surface area contributed by atoms with E-state index in [1.165, 1.54) is 17.3 Å². The lowest BCUT2D eigenvalue weighted by atomic mass is 10.1. The van der Waals surface area contributed by atoms with Gasteiger partial charge in [0.25, 0.3) is 0 Å². The van der Waals surface area contributed by atoms with Gasteiger partial charge in [-0.05, 0) is 36.3 Å². The lowest BCUT2D eigenvalue weighted by molar-refractivity contribution is -0.113. The molecule has 1 amide bonds. The Kier molecular flexibility index (Phi) is 3.99. The zero-order valence-electron chi connectivity index (χ0n) is 10.6. The zero-order chi connectivity index (χ0) is 13.0. The van der Waals surface area contributed by atoms with E-state index >= 15 is 0 Å². The fourth-order valence-corrected chi connectivity index (χ4v) is 2.12. The Morgan fingerprint density at radius 2 is 2.11 bits per heavy atom. The number of nitrogens with zero attached hydrogens (tertiary/aromatic N) is 1. The van der Waals surface area contributed by atoms with E-state index < -0.39 is 5.91 Å². The minimum Gasteiger partial charge on any atom is -0.378 e. The number of ether oxygens (including phenoxy) is 1. The fourth-order valence-electron chi connectivity index (χ4n) is 2.12. The summed E-state index contributed by atoms with van der Waals surface area (Å²) in [5.41, 5.74) is 8.50. The highest BCUT2D eigenvalue weighted by Gasteiger charge is 2.12. The second kappa shape index (κ2) is 5.69. The average Bonchev–Trinajstić information content (AvgIpc) is 2.37. The molecule has 0 bridgehead atoms. The molecule has 1 saturated heterocycles. The number of anilines is 1. The molecule has 4 heteroatoms. The Morgan fingerprint density at radius 1 is 1.39 bits per heavy atom. The second-order valence-corrected chi connectivity index (χ2v) is 4.38. The molecular formula is C14H18N2O2. The van der Waals surface area contributed by atoms with Crippen molar-refractivity contribution in [1.29, 1.82) is 0 Å². The first-order chi connectivity index (χ1) is 8.66. The molecule has 2 rings (SSSR count). The quantitative estimate of drug-likeness (QED) is 0.819. The Morgan fingerprint density at radius 3 is 2.72 bits per heavy atom. The maximum absolute atomic E-state index is 10.7. The van der Waals surface area contributed by atoms with Gasteiger partial charge in [-0.15, -0.1) is 0 Å². The summed E-state index contributed by atoms with van der Waals surface area (Å²) >= 11 is 0. The summed E-state index contributed by atoms with van der Waals surface area (Å²) in [4.78, 5) is 13.0. The van der Waals surface area contributed by atoms with Crippen LogP contribution in [0.5, 0.6) is 0 Å². The van der Waals surface area contributed by atoms with Gasteiger partial charge in [0.2, 0.25) is 5.91 Å². The third-order valence-corrected chi connectivity index (χ3v) is 3.01. The van der Waals surface area contributed by atoms with Crippen LogP contribution in [0.3, 0.4) is 0 Å². The van der Waals surface area contributed by atoms with E-state index in [1.54, 1.807) is 6.08 Å². The number of nitrogens with two attached hydrogens (primary N) is 1. The van der Waals surface area contributed by atoms with Gasteiger partial charge in [0.15, 0.2) is 0 Å². The van der Waals surface area contributed by atoms with Crippen LogP contribution in [0.4, 0.5) is 5.69 Å². The van der Waals surface area contributed by atoms with Crippen LogP contribution in [0.1, 0.15) is 11.1 Å². The molecule has 0 radical (unpaired) electrons. The molecule has 18 heavy (non-hydrogen) atoms. The van der Waals surface area contributed by atoms with Crippen LogP contribution in [-0.4, -0.2) is 32.2 Å². The van der Waals surface area contributed by atoms with E-state index in [0.29, 0.717) is 0 Å². The van der Waals surface area contributed by atoms with Gasteiger partial charge in [0, 0.05) is 24.9 Å². The summed E-state index contributed by atoms with van der Waals surface area (Å²) in [6, 6.07) is 6.14. The van der Waals surface area contributed by atoms with Crippen molar-refractivity contribution in [2.75, 3.05) is 31.2 Å². The minimum absolute atomic E-state index is 0.426. The summed E-state index contributed by atoms with van der Waals surface area (Å²) in [6.45, 7) is 5.49. The highest BCUT2D eigenvalue weighted by molar-refractivity contribution is 5.90. The number of carbonyl (C=O) groups excluding carboxylic acids is 1. The molecule has 1 heterocycles. The highest BCUT2D eigenvalue weighted by atomic mass is 16.5. The first kappa shape index (κ1) is 12.6. The summed E-state index contributed by atoms with van der Waals surface area (Å²) in [6.07, 6.45) is 3.11. The molecule has 1 aromatic rings. The molecule has 0 spiro atoms. The smallest absolute Gasteiger partial charge is 0.241 e. The van der Waals surface area contributed by atoms with Crippen molar-refractivity contribution in [3.63, 3.8) is 0 Å². The van der Waals surface area contributed by atoms with E-state index in [1.807, 2.05) is 6.07 Å². The largest absolute Gasteiger partial charge is 0.378 e. The molecule has 0 atom stereocenters. The number of amides is 1. The van der Waals surface area contributed by atoms with Crippen molar-refractivity contribution in [3.05, 3.63) is 35.4 Å². The molecule has 0 aliphatic carbocycles.